The molecule has 2 heterocycles. The van der Waals surface area contributed by atoms with E-state index in [1.165, 1.54) is 21.5 Å². The lowest BCUT2D eigenvalue weighted by atomic mass is 10.3. The van der Waals surface area contributed by atoms with Crippen LogP contribution in [-0.2, 0) is 13.1 Å². The molecule has 0 aliphatic heterocycles. The van der Waals surface area contributed by atoms with Gasteiger partial charge >= 0.3 is 11.6 Å². The molecule has 0 saturated carbocycles. The zero-order valence-corrected chi connectivity index (χ0v) is 11.9. The fourth-order valence-electron chi connectivity index (χ4n) is 2.04. The van der Waals surface area contributed by atoms with Gasteiger partial charge in [0.15, 0.2) is 0 Å². The van der Waals surface area contributed by atoms with Gasteiger partial charge in [-0.25, -0.2) is 0 Å². The van der Waals surface area contributed by atoms with Crippen LogP contribution in [0.3, 0.4) is 0 Å². The molecule has 2 aromatic heterocycles. The van der Waals surface area contributed by atoms with Crippen LogP contribution in [0.1, 0.15) is 11.6 Å². The number of aliphatic hydroxyl groups is 1. The molecule has 118 valence electrons. The minimum absolute atomic E-state index is 0.0814. The molecule has 2 rings (SSSR count). The van der Waals surface area contributed by atoms with E-state index in [0.717, 1.165) is 0 Å². The van der Waals surface area contributed by atoms with Crippen LogP contribution in [0.2, 0.25) is 0 Å². The summed E-state index contributed by atoms with van der Waals surface area (Å²) in [5, 5.41) is 31.4. The maximum Gasteiger partial charge on any atom is 0.381 e. The molecule has 0 radical (unpaired) electrons. The fourth-order valence-corrected chi connectivity index (χ4v) is 2.04. The first-order chi connectivity index (χ1) is 10.3. The van der Waals surface area contributed by atoms with Crippen molar-refractivity contribution in [3.05, 3.63) is 44.3 Å². The van der Waals surface area contributed by atoms with Crippen molar-refractivity contribution < 1.29 is 15.0 Å². The van der Waals surface area contributed by atoms with Crippen molar-refractivity contribution in [2.75, 3.05) is 0 Å². The van der Waals surface area contributed by atoms with Gasteiger partial charge in [-0.1, -0.05) is 0 Å². The number of imidazole rings is 2. The molecule has 0 aliphatic rings. The Balaban J connectivity index is 2.08. The topological polar surface area (TPSA) is 142 Å². The van der Waals surface area contributed by atoms with E-state index in [0.29, 0.717) is 11.6 Å². The van der Waals surface area contributed by atoms with Crippen LogP contribution >= 0.6 is 0 Å². The average molecular weight is 310 g/mol. The molecule has 2 aromatic rings. The molecular formula is C11H14N6O5. The molecule has 1 N–H and O–H groups in total. The van der Waals surface area contributed by atoms with Gasteiger partial charge in [-0.05, 0) is 19.8 Å². The Morgan fingerprint density at radius 2 is 1.41 bits per heavy atom. The molecule has 0 fully saturated rings. The highest BCUT2D eigenvalue weighted by Gasteiger charge is 2.20. The first-order valence-electron chi connectivity index (χ1n) is 6.32. The van der Waals surface area contributed by atoms with Gasteiger partial charge in [-0.15, -0.1) is 0 Å². The molecule has 22 heavy (non-hydrogen) atoms. The Bertz CT molecular complexity index is 660. The zero-order valence-electron chi connectivity index (χ0n) is 11.9. The van der Waals surface area contributed by atoms with E-state index in [1.807, 2.05) is 0 Å². The Hall–Kier alpha value is -2.82. The quantitative estimate of drug-likeness (QED) is 0.607. The SMILES string of the molecule is Cc1nc([N+](=O)[O-])cn1CC(O)Cn1cc([N+](=O)[O-])nc1C. The van der Waals surface area contributed by atoms with Crippen molar-refractivity contribution in [2.24, 2.45) is 0 Å². The molecule has 0 spiro atoms. The monoisotopic (exact) mass is 310 g/mol. The number of nitrogens with zero attached hydrogens (tertiary/aromatic N) is 6. The first kappa shape index (κ1) is 15.6. The smallest absolute Gasteiger partial charge is 0.381 e. The number of aromatic nitrogens is 4. The van der Waals surface area contributed by atoms with Gasteiger partial charge in [0.05, 0.1) is 19.2 Å². The molecular weight excluding hydrogens is 296 g/mol. The lowest BCUT2D eigenvalue weighted by Crippen LogP contribution is -2.22. The van der Waals surface area contributed by atoms with Gasteiger partial charge in [0.1, 0.15) is 12.4 Å². The number of hydrogen-bond donors (Lipinski definition) is 1. The van der Waals surface area contributed by atoms with Crippen molar-refractivity contribution in [3.63, 3.8) is 0 Å². The molecule has 0 aromatic carbocycles. The van der Waals surface area contributed by atoms with Gasteiger partial charge in [-0.3, -0.25) is 0 Å². The summed E-state index contributed by atoms with van der Waals surface area (Å²) in [6.45, 7) is 3.34. The van der Waals surface area contributed by atoms with Crippen LogP contribution in [0.15, 0.2) is 12.4 Å². The van der Waals surface area contributed by atoms with Crippen molar-refractivity contribution in [1.82, 2.24) is 19.1 Å². The summed E-state index contributed by atoms with van der Waals surface area (Å²) in [7, 11) is 0. The highest BCUT2D eigenvalue weighted by Crippen LogP contribution is 2.14. The number of rotatable bonds is 6. The van der Waals surface area contributed by atoms with Crippen molar-refractivity contribution in [3.8, 4) is 0 Å². The zero-order chi connectivity index (χ0) is 16.4. The van der Waals surface area contributed by atoms with E-state index < -0.39 is 16.0 Å². The molecule has 0 atom stereocenters. The third kappa shape index (κ3) is 3.25. The van der Waals surface area contributed by atoms with Crippen LogP contribution in [0.25, 0.3) is 0 Å². The lowest BCUT2D eigenvalue weighted by molar-refractivity contribution is -0.389. The summed E-state index contributed by atoms with van der Waals surface area (Å²) in [6, 6.07) is 0. The minimum Gasteiger partial charge on any atom is -0.389 e. The van der Waals surface area contributed by atoms with Crippen LogP contribution in [-0.4, -0.2) is 40.2 Å². The van der Waals surface area contributed by atoms with Crippen LogP contribution in [0, 0.1) is 34.1 Å². The summed E-state index contributed by atoms with van der Waals surface area (Å²) in [4.78, 5) is 27.6. The minimum atomic E-state index is -0.903. The standard InChI is InChI=1S/C11H14N6O5/c1-7-12-10(16(19)20)5-14(7)3-9(18)4-15-6-11(17(21)22)13-8(15)2/h5-6,9,18H,3-4H2,1-2H3. The predicted octanol–water partition coefficient (Wildman–Crippen LogP) is 0.574. The largest absolute Gasteiger partial charge is 0.389 e. The Morgan fingerprint density at radius 3 is 1.68 bits per heavy atom. The summed E-state index contributed by atoms with van der Waals surface area (Å²) in [6.07, 6.45) is 1.57. The highest BCUT2D eigenvalue weighted by atomic mass is 16.6. The molecule has 0 amide bonds. The molecule has 0 unspecified atom stereocenters. The average Bonchev–Trinajstić information content (AvgIpc) is 2.95. The molecule has 11 heteroatoms. The number of aryl methyl sites for hydroxylation is 2. The maximum atomic E-state index is 10.6. The summed E-state index contributed by atoms with van der Waals surface area (Å²) in [5.41, 5.74) is 0. The number of nitro groups is 2. The Kier molecular flexibility index (Phi) is 4.17. The second-order valence-corrected chi connectivity index (χ2v) is 4.77. The van der Waals surface area contributed by atoms with Crippen molar-refractivity contribution in [2.45, 2.75) is 33.0 Å². The molecule has 11 nitrogen and oxygen atoms in total. The predicted molar refractivity (Wildman–Crippen MR) is 73.2 cm³/mol. The van der Waals surface area contributed by atoms with Gasteiger partial charge in [0, 0.05) is 13.8 Å². The first-order valence-corrected chi connectivity index (χ1v) is 6.32. The Labute approximate surface area is 124 Å². The van der Waals surface area contributed by atoms with E-state index >= 15 is 0 Å². The third-order valence-corrected chi connectivity index (χ3v) is 3.12. The van der Waals surface area contributed by atoms with E-state index in [4.69, 9.17) is 0 Å². The second-order valence-electron chi connectivity index (χ2n) is 4.77. The Morgan fingerprint density at radius 1 is 1.05 bits per heavy atom. The molecule has 0 bridgehead atoms. The summed E-state index contributed by atoms with van der Waals surface area (Å²) >= 11 is 0. The molecule has 0 saturated heterocycles. The van der Waals surface area contributed by atoms with Crippen LogP contribution in [0.5, 0.6) is 0 Å². The number of aliphatic hydroxyl groups excluding tert-OH is 1. The van der Waals surface area contributed by atoms with Crippen LogP contribution < -0.4 is 0 Å². The maximum absolute atomic E-state index is 10.6. The highest BCUT2D eigenvalue weighted by molar-refractivity contribution is 5.17. The fraction of sp³-hybridized carbons (Fsp3) is 0.455. The normalized spacial score (nSPS) is 11.1. The van der Waals surface area contributed by atoms with Gasteiger partial charge < -0.3 is 34.5 Å². The van der Waals surface area contributed by atoms with Crippen molar-refractivity contribution in [1.29, 1.82) is 0 Å². The molecule has 0 aliphatic carbocycles. The van der Waals surface area contributed by atoms with Gasteiger partial charge in [0.25, 0.3) is 0 Å². The van der Waals surface area contributed by atoms with Gasteiger partial charge in [0.2, 0.25) is 11.6 Å². The van der Waals surface area contributed by atoms with Crippen LogP contribution in [0.4, 0.5) is 11.6 Å². The summed E-state index contributed by atoms with van der Waals surface area (Å²) in [5.74, 6) is 0.219. The van der Waals surface area contributed by atoms with Gasteiger partial charge in [-0.2, -0.15) is 0 Å². The van der Waals surface area contributed by atoms with E-state index in [2.05, 4.69) is 9.97 Å². The second kappa shape index (κ2) is 5.89. The van der Waals surface area contributed by atoms with Crippen molar-refractivity contribution >= 4 is 11.6 Å². The van der Waals surface area contributed by atoms with E-state index in [-0.39, 0.29) is 24.7 Å². The lowest BCUT2D eigenvalue weighted by Gasteiger charge is -2.11. The van der Waals surface area contributed by atoms with E-state index in [9.17, 15) is 25.3 Å². The number of hydrogen-bond acceptors (Lipinski definition) is 7. The van der Waals surface area contributed by atoms with E-state index in [1.54, 1.807) is 13.8 Å². The third-order valence-electron chi connectivity index (χ3n) is 3.12. The summed E-state index contributed by atoms with van der Waals surface area (Å²) < 4.78 is 2.92.